The Hall–Kier alpha value is -6.01. The Morgan fingerprint density at radius 1 is 0.253 bits per heavy atom. The lowest BCUT2D eigenvalue weighted by molar-refractivity contribution is -0.167. The summed E-state index contributed by atoms with van der Waals surface area (Å²) in [4.78, 5) is 38.3. The fourth-order valence-electron chi connectivity index (χ4n) is 7.32. The SMILES string of the molecule is CC/C=C\C/C=C\C/C=C\C/C=C\C/C=C\C/C=C\C/C=C\CCCC(=O)OCC(COC(=O)CCCCCCC/C=C\C/C=C\C/C=C\CC)OC(=O)CCC/C=C\C/C=C\C/C=C\C/C=C\C/C=C\C/C=C\C/C=C\CC. The van der Waals surface area contributed by atoms with Gasteiger partial charge in [-0.25, -0.2) is 0 Å². The van der Waals surface area contributed by atoms with E-state index in [1.807, 2.05) is 0 Å². The summed E-state index contributed by atoms with van der Waals surface area (Å²) in [6.07, 6.45) is 99.7. The maximum atomic E-state index is 12.9. The van der Waals surface area contributed by atoms with E-state index in [2.05, 4.69) is 227 Å². The van der Waals surface area contributed by atoms with Crippen LogP contribution >= 0.6 is 0 Å². The van der Waals surface area contributed by atoms with Gasteiger partial charge in [0.25, 0.3) is 0 Å². The molecule has 0 aromatic carbocycles. The highest BCUT2D eigenvalue weighted by molar-refractivity contribution is 5.71. The number of carbonyl (C=O) groups is 3. The van der Waals surface area contributed by atoms with E-state index in [-0.39, 0.29) is 38.0 Å². The van der Waals surface area contributed by atoms with E-state index in [9.17, 15) is 14.4 Å². The highest BCUT2D eigenvalue weighted by Crippen LogP contribution is 2.11. The number of hydrogen-bond donors (Lipinski definition) is 0. The average molecular weight is 1080 g/mol. The standard InChI is InChI=1S/C73H108O6/c1-4-7-10-13-16-19-22-25-28-30-32-34-36-38-40-42-45-48-51-54-57-60-63-66-72(75)78-69-70(68-77-71(74)65-62-59-56-53-50-47-44-27-24-21-18-15-12-9-6-3)79-73(76)67-64-61-58-55-52-49-46-43-41-39-37-35-33-31-29-26-23-20-17-14-11-8-5-2/h7-12,16-21,25-29,32-35,38-41,44-46,48-49,54-55,57-58,70H,4-6,13-15,22-24,30-31,36-37,42-43,47,50-53,56,59-69H2,1-3H3/b10-7-,11-8-,12-9-,19-16-,20-17-,21-18-,28-25-,29-26-,34-32-,35-33-,40-38-,41-39-,44-27-,48-45-,49-46-,57-54-,58-55-. The first-order chi connectivity index (χ1) is 39.0. The molecule has 0 aliphatic heterocycles. The number of carbonyl (C=O) groups excluding carboxylic acids is 3. The van der Waals surface area contributed by atoms with Crippen molar-refractivity contribution in [3.05, 3.63) is 207 Å². The van der Waals surface area contributed by atoms with Gasteiger partial charge in [0, 0.05) is 19.3 Å². The molecular weight excluding hydrogens is 973 g/mol. The average Bonchev–Trinajstić information content (AvgIpc) is 3.45. The number of rotatable bonds is 52. The van der Waals surface area contributed by atoms with Gasteiger partial charge in [0.05, 0.1) is 0 Å². The van der Waals surface area contributed by atoms with Crippen molar-refractivity contribution in [3.8, 4) is 0 Å². The Labute approximate surface area is 483 Å². The van der Waals surface area contributed by atoms with Crippen LogP contribution in [0.1, 0.15) is 213 Å². The van der Waals surface area contributed by atoms with E-state index in [4.69, 9.17) is 14.2 Å². The third-order valence-electron chi connectivity index (χ3n) is 11.8. The molecule has 0 aromatic rings. The Morgan fingerprint density at radius 3 is 0.759 bits per heavy atom. The summed E-state index contributed by atoms with van der Waals surface area (Å²) in [7, 11) is 0. The van der Waals surface area contributed by atoms with Crippen molar-refractivity contribution >= 4 is 17.9 Å². The highest BCUT2D eigenvalue weighted by Gasteiger charge is 2.19. The Kier molecular flexibility index (Phi) is 59.6. The number of ether oxygens (including phenoxy) is 3. The van der Waals surface area contributed by atoms with E-state index >= 15 is 0 Å². The fraction of sp³-hybridized carbons (Fsp3) is 0.493. The van der Waals surface area contributed by atoms with Gasteiger partial charge in [-0.2, -0.15) is 0 Å². The Morgan fingerprint density at radius 2 is 0.468 bits per heavy atom. The number of allylic oxidation sites excluding steroid dienone is 34. The Bertz CT molecular complexity index is 1960. The molecule has 0 rings (SSSR count). The molecule has 79 heavy (non-hydrogen) atoms. The maximum Gasteiger partial charge on any atom is 0.306 e. The molecule has 436 valence electrons. The fourth-order valence-corrected chi connectivity index (χ4v) is 7.32. The van der Waals surface area contributed by atoms with E-state index in [1.165, 1.54) is 0 Å². The minimum Gasteiger partial charge on any atom is -0.462 e. The lowest BCUT2D eigenvalue weighted by Crippen LogP contribution is -2.30. The topological polar surface area (TPSA) is 78.9 Å². The van der Waals surface area contributed by atoms with Crippen LogP contribution in [0.25, 0.3) is 0 Å². The third-order valence-corrected chi connectivity index (χ3v) is 11.8. The van der Waals surface area contributed by atoms with Crippen LogP contribution in [0.4, 0.5) is 0 Å². The summed E-state index contributed by atoms with van der Waals surface area (Å²) in [5.74, 6) is -1.09. The van der Waals surface area contributed by atoms with Gasteiger partial charge in [0.15, 0.2) is 6.10 Å². The quantitative estimate of drug-likeness (QED) is 0.0261. The number of unbranched alkanes of at least 4 members (excludes halogenated alkanes) is 7. The lowest BCUT2D eigenvalue weighted by atomic mass is 10.1. The van der Waals surface area contributed by atoms with Gasteiger partial charge in [-0.3, -0.25) is 14.4 Å². The van der Waals surface area contributed by atoms with Gasteiger partial charge in [-0.15, -0.1) is 0 Å². The first-order valence-electron chi connectivity index (χ1n) is 30.6. The second-order valence-electron chi connectivity index (χ2n) is 19.1. The van der Waals surface area contributed by atoms with Crippen LogP contribution in [0, 0.1) is 0 Å². The normalized spacial score (nSPS) is 13.6. The van der Waals surface area contributed by atoms with Crippen molar-refractivity contribution in [1.82, 2.24) is 0 Å². The first-order valence-corrected chi connectivity index (χ1v) is 30.6. The van der Waals surface area contributed by atoms with Crippen molar-refractivity contribution in [2.45, 2.75) is 219 Å². The zero-order valence-electron chi connectivity index (χ0n) is 49.8. The molecular formula is C73H108O6. The summed E-state index contributed by atoms with van der Waals surface area (Å²) in [5.41, 5.74) is 0. The van der Waals surface area contributed by atoms with Gasteiger partial charge < -0.3 is 14.2 Å². The molecule has 1 atom stereocenters. The predicted octanol–water partition coefficient (Wildman–Crippen LogP) is 21.2. The minimum atomic E-state index is -0.855. The van der Waals surface area contributed by atoms with Gasteiger partial charge in [-0.1, -0.05) is 247 Å². The van der Waals surface area contributed by atoms with Crippen LogP contribution in [0.5, 0.6) is 0 Å². The van der Waals surface area contributed by atoms with Crippen molar-refractivity contribution in [1.29, 1.82) is 0 Å². The van der Waals surface area contributed by atoms with Crippen LogP contribution in [0.15, 0.2) is 207 Å². The first kappa shape index (κ1) is 73.0. The summed E-state index contributed by atoms with van der Waals surface area (Å²) in [6, 6.07) is 0. The molecule has 6 nitrogen and oxygen atoms in total. The summed E-state index contributed by atoms with van der Waals surface area (Å²) in [6.45, 7) is 6.16. The van der Waals surface area contributed by atoms with Crippen LogP contribution in [-0.2, 0) is 28.6 Å². The van der Waals surface area contributed by atoms with Crippen LogP contribution in [0.3, 0.4) is 0 Å². The molecule has 0 bridgehead atoms. The van der Waals surface area contributed by atoms with Crippen molar-refractivity contribution in [2.24, 2.45) is 0 Å². The molecule has 0 radical (unpaired) electrons. The maximum absolute atomic E-state index is 12.9. The van der Waals surface area contributed by atoms with E-state index in [1.54, 1.807) is 0 Å². The van der Waals surface area contributed by atoms with Crippen LogP contribution in [-0.4, -0.2) is 37.2 Å². The van der Waals surface area contributed by atoms with Crippen LogP contribution in [0.2, 0.25) is 0 Å². The molecule has 0 aliphatic carbocycles. The van der Waals surface area contributed by atoms with Gasteiger partial charge >= 0.3 is 17.9 Å². The van der Waals surface area contributed by atoms with Crippen molar-refractivity contribution in [2.75, 3.05) is 13.2 Å². The third kappa shape index (κ3) is 62.7. The zero-order chi connectivity index (χ0) is 57.1. The molecule has 1 unspecified atom stereocenters. The summed E-state index contributed by atoms with van der Waals surface area (Å²) < 4.78 is 16.8. The van der Waals surface area contributed by atoms with E-state index in [0.29, 0.717) is 19.3 Å². The van der Waals surface area contributed by atoms with Gasteiger partial charge in [-0.05, 0) is 154 Å². The molecule has 0 saturated carbocycles. The number of hydrogen-bond acceptors (Lipinski definition) is 6. The summed E-state index contributed by atoms with van der Waals surface area (Å²) >= 11 is 0. The van der Waals surface area contributed by atoms with Gasteiger partial charge in [0.1, 0.15) is 13.2 Å². The van der Waals surface area contributed by atoms with E-state index < -0.39 is 12.1 Å². The molecule has 0 amide bonds. The number of esters is 3. The van der Waals surface area contributed by atoms with Gasteiger partial charge in [0.2, 0.25) is 0 Å². The van der Waals surface area contributed by atoms with E-state index in [0.717, 1.165) is 161 Å². The largest absolute Gasteiger partial charge is 0.462 e. The second kappa shape index (κ2) is 64.5. The smallest absolute Gasteiger partial charge is 0.306 e. The molecule has 6 heteroatoms. The molecule has 0 aliphatic rings. The highest BCUT2D eigenvalue weighted by atomic mass is 16.6. The monoisotopic (exact) mass is 1080 g/mol. The predicted molar refractivity (Wildman–Crippen MR) is 343 cm³/mol. The lowest BCUT2D eigenvalue weighted by Gasteiger charge is -2.18. The molecule has 0 N–H and O–H groups in total. The zero-order valence-corrected chi connectivity index (χ0v) is 49.8. The second-order valence-corrected chi connectivity index (χ2v) is 19.1. The molecule has 0 aromatic heterocycles. The van der Waals surface area contributed by atoms with Crippen LogP contribution < -0.4 is 0 Å². The molecule has 0 saturated heterocycles. The summed E-state index contributed by atoms with van der Waals surface area (Å²) in [5, 5.41) is 0. The van der Waals surface area contributed by atoms with Crippen molar-refractivity contribution < 1.29 is 28.6 Å². The minimum absolute atomic E-state index is 0.141. The molecule has 0 heterocycles. The van der Waals surface area contributed by atoms with Crippen molar-refractivity contribution in [3.63, 3.8) is 0 Å². The molecule has 0 fully saturated rings. The Balaban J connectivity index is 4.65. The molecule has 0 spiro atoms.